The number of nitrogens with one attached hydrogen (secondary N) is 1. The maximum atomic E-state index is 9.74. The van der Waals surface area contributed by atoms with Crippen LogP contribution in [0.3, 0.4) is 0 Å². The molecule has 0 aliphatic carbocycles. The number of piperazine rings is 1. The van der Waals surface area contributed by atoms with Gasteiger partial charge in [0.15, 0.2) is 0 Å². The molecule has 11 heteroatoms. The molecule has 3 aromatic heterocycles. The summed E-state index contributed by atoms with van der Waals surface area (Å²) in [6.45, 7) is 1.62. The van der Waals surface area contributed by atoms with Gasteiger partial charge in [0.1, 0.15) is 36.0 Å². The zero-order valence-electron chi connectivity index (χ0n) is 27.2. The SMILES string of the molecule is [2H]C([2H])([2H])Oc1ccc(CN2C3CC2CN(c2cnc(-c4cc(OC([2H])([2H])C5CNCCO5)cn5ncc(C#N)c45)cn2)C3)cc1. The molecule has 3 unspecified atom stereocenters. The molecule has 210 valence electrons. The van der Waals surface area contributed by atoms with E-state index in [9.17, 15) is 5.26 Å². The van der Waals surface area contributed by atoms with Crippen LogP contribution in [0.4, 0.5) is 5.82 Å². The van der Waals surface area contributed by atoms with E-state index in [-0.39, 0.29) is 5.75 Å². The first-order valence-electron chi connectivity index (χ1n) is 16.1. The maximum absolute atomic E-state index is 9.74. The van der Waals surface area contributed by atoms with E-state index < -0.39 is 19.7 Å². The number of benzene rings is 1. The van der Waals surface area contributed by atoms with Gasteiger partial charge in [-0.25, -0.2) is 9.50 Å². The number of piperidine rings is 1. The Labute approximate surface area is 245 Å². The van der Waals surface area contributed by atoms with Crippen LogP contribution in [-0.4, -0.2) is 89.1 Å². The predicted octanol–water partition coefficient (Wildman–Crippen LogP) is 2.50. The number of morpholine rings is 1. The van der Waals surface area contributed by atoms with E-state index in [1.54, 1.807) is 36.8 Å². The molecule has 0 saturated carbocycles. The molecule has 2 bridgehead atoms. The Balaban J connectivity index is 1.06. The second-order valence-corrected chi connectivity index (χ2v) is 10.5. The number of aromatic nitrogens is 4. The van der Waals surface area contributed by atoms with Gasteiger partial charge in [0, 0.05) is 50.4 Å². The van der Waals surface area contributed by atoms with Crippen molar-refractivity contribution < 1.29 is 21.1 Å². The highest BCUT2D eigenvalue weighted by Crippen LogP contribution is 2.36. The standard InChI is InChI=1S/C30H32N8O3/c1-39-24-4-2-20(3-5-24)15-37-22-8-23(37)17-36(16-22)29-14-33-28(13-34-29)27-9-25(41-19-26-12-32-6-7-40-26)18-38-30(27)21(10-31)11-35-38/h2-5,9,11,13-14,18,22-23,26,32H,6-8,12,15-17,19H2,1H3/i1D3,19D2. The van der Waals surface area contributed by atoms with Gasteiger partial charge >= 0.3 is 0 Å². The van der Waals surface area contributed by atoms with Crippen molar-refractivity contribution in [3.05, 3.63) is 66.2 Å². The molecule has 4 saturated heterocycles. The Morgan fingerprint density at radius 2 is 2.05 bits per heavy atom. The van der Waals surface area contributed by atoms with Crippen molar-refractivity contribution in [2.75, 3.05) is 51.3 Å². The largest absolute Gasteiger partial charge is 0.497 e. The van der Waals surface area contributed by atoms with Crippen molar-refractivity contribution in [3.8, 4) is 28.8 Å². The van der Waals surface area contributed by atoms with Crippen molar-refractivity contribution >= 4 is 11.3 Å². The van der Waals surface area contributed by atoms with E-state index in [1.807, 2.05) is 12.1 Å². The van der Waals surface area contributed by atoms with Gasteiger partial charge in [-0.2, -0.15) is 10.4 Å². The van der Waals surface area contributed by atoms with Gasteiger partial charge in [0.2, 0.25) is 0 Å². The maximum Gasteiger partial charge on any atom is 0.147 e. The summed E-state index contributed by atoms with van der Waals surface area (Å²) in [6, 6.07) is 11.7. The van der Waals surface area contributed by atoms with Crippen molar-refractivity contribution in [3.63, 3.8) is 0 Å². The van der Waals surface area contributed by atoms with E-state index in [1.165, 1.54) is 10.7 Å². The van der Waals surface area contributed by atoms with Crippen LogP contribution in [0.2, 0.25) is 0 Å². The fourth-order valence-corrected chi connectivity index (χ4v) is 5.83. The molecule has 41 heavy (non-hydrogen) atoms. The van der Waals surface area contributed by atoms with Crippen LogP contribution in [0.15, 0.2) is 55.1 Å². The van der Waals surface area contributed by atoms with Crippen LogP contribution >= 0.6 is 0 Å². The number of nitriles is 1. The minimum absolute atomic E-state index is 0.218. The Hall–Kier alpha value is -4.24. The van der Waals surface area contributed by atoms with Gasteiger partial charge in [-0.05, 0) is 30.2 Å². The number of hydrogen-bond acceptors (Lipinski definition) is 10. The lowest BCUT2D eigenvalue weighted by Crippen LogP contribution is -2.68. The third-order valence-electron chi connectivity index (χ3n) is 7.93. The highest BCUT2D eigenvalue weighted by Gasteiger charge is 2.44. The van der Waals surface area contributed by atoms with Crippen LogP contribution in [0.1, 0.15) is 24.4 Å². The fraction of sp³-hybridized carbons (Fsp3) is 0.400. The monoisotopic (exact) mass is 557 g/mol. The number of nitrogens with zero attached hydrogens (tertiary/aromatic N) is 7. The van der Waals surface area contributed by atoms with Crippen molar-refractivity contribution in [2.45, 2.75) is 31.2 Å². The number of ether oxygens (including phenoxy) is 3. The van der Waals surface area contributed by atoms with Crippen molar-refractivity contribution in [1.29, 1.82) is 5.26 Å². The van der Waals surface area contributed by atoms with Crippen LogP contribution in [0.25, 0.3) is 16.8 Å². The van der Waals surface area contributed by atoms with Crippen LogP contribution in [-0.2, 0) is 11.3 Å². The minimum Gasteiger partial charge on any atom is -0.497 e. The molecule has 4 aliphatic rings. The van der Waals surface area contributed by atoms with Gasteiger partial charge < -0.3 is 24.4 Å². The first kappa shape index (κ1) is 20.6. The predicted molar refractivity (Wildman–Crippen MR) is 152 cm³/mol. The van der Waals surface area contributed by atoms with Crippen molar-refractivity contribution in [2.24, 2.45) is 0 Å². The Kier molecular flexibility index (Phi) is 5.51. The fourth-order valence-electron chi connectivity index (χ4n) is 5.83. The molecular formula is C30H32N8O3. The van der Waals surface area contributed by atoms with Crippen LogP contribution in [0, 0.1) is 11.3 Å². The zero-order chi connectivity index (χ0) is 32.1. The summed E-state index contributed by atoms with van der Waals surface area (Å²) in [5.74, 6) is 1.29. The van der Waals surface area contributed by atoms with Crippen LogP contribution < -0.4 is 19.7 Å². The number of rotatable bonds is 8. The topological polar surface area (TPSA) is 113 Å². The van der Waals surface area contributed by atoms with E-state index in [0.29, 0.717) is 59.9 Å². The number of methoxy groups -OCH3 is 1. The lowest BCUT2D eigenvalue weighted by Gasteiger charge is -2.56. The molecular weight excluding hydrogens is 520 g/mol. The van der Waals surface area contributed by atoms with Crippen LogP contribution in [0.5, 0.6) is 11.5 Å². The molecule has 11 nitrogen and oxygen atoms in total. The molecule has 1 N–H and O–H groups in total. The van der Waals surface area contributed by atoms with Gasteiger partial charge in [-0.1, -0.05) is 12.1 Å². The van der Waals surface area contributed by atoms with E-state index in [0.717, 1.165) is 37.4 Å². The van der Waals surface area contributed by atoms with Gasteiger partial charge in [0.25, 0.3) is 0 Å². The Bertz CT molecular complexity index is 1740. The van der Waals surface area contributed by atoms with Gasteiger partial charge in [0.05, 0.1) is 62.1 Å². The van der Waals surface area contributed by atoms with Gasteiger partial charge in [-0.3, -0.25) is 9.88 Å². The zero-order valence-corrected chi connectivity index (χ0v) is 22.2. The molecule has 0 spiro atoms. The molecule has 3 atom stereocenters. The molecule has 0 radical (unpaired) electrons. The molecule has 4 aliphatic heterocycles. The second kappa shape index (κ2) is 11.0. The molecule has 8 rings (SSSR count). The molecule has 7 heterocycles. The lowest BCUT2D eigenvalue weighted by molar-refractivity contribution is -0.00870. The third-order valence-corrected chi connectivity index (χ3v) is 7.93. The average Bonchev–Trinajstić information content (AvgIpc) is 3.47. The van der Waals surface area contributed by atoms with E-state index >= 15 is 0 Å². The minimum atomic E-state index is -2.47. The summed E-state index contributed by atoms with van der Waals surface area (Å²) >= 11 is 0. The third kappa shape index (κ3) is 5.06. The molecule has 4 fully saturated rings. The quantitative estimate of drug-likeness (QED) is 0.347. The summed E-state index contributed by atoms with van der Waals surface area (Å²) in [5, 5.41) is 17.2. The first-order valence-corrected chi connectivity index (χ1v) is 13.6. The van der Waals surface area contributed by atoms with Crippen molar-refractivity contribution in [1.82, 2.24) is 29.8 Å². The molecule has 4 aromatic rings. The summed E-state index contributed by atoms with van der Waals surface area (Å²) in [6.07, 6.45) is 6.69. The lowest BCUT2D eigenvalue weighted by atomic mass is 9.87. The number of pyridine rings is 1. The highest BCUT2D eigenvalue weighted by molar-refractivity contribution is 5.83. The highest BCUT2D eigenvalue weighted by atomic mass is 16.5. The number of anilines is 1. The number of hydrogen-bond donors (Lipinski definition) is 1. The summed E-state index contributed by atoms with van der Waals surface area (Å²) in [5.41, 5.74) is 3.02. The normalized spacial score (nSPS) is 24.7. The smallest absolute Gasteiger partial charge is 0.147 e. The first-order chi connectivity index (χ1) is 22.1. The molecule has 1 aromatic carbocycles. The Morgan fingerprint density at radius 3 is 2.78 bits per heavy atom. The average molecular weight is 558 g/mol. The van der Waals surface area contributed by atoms with Gasteiger partial charge in [-0.15, -0.1) is 0 Å². The summed E-state index contributed by atoms with van der Waals surface area (Å²) < 4.78 is 56.7. The Morgan fingerprint density at radius 1 is 1.17 bits per heavy atom. The number of fused-ring (bicyclic) bond motifs is 3. The summed E-state index contributed by atoms with van der Waals surface area (Å²) in [4.78, 5) is 14.1. The second-order valence-electron chi connectivity index (χ2n) is 10.5. The van der Waals surface area contributed by atoms with E-state index in [2.05, 4.69) is 26.3 Å². The summed E-state index contributed by atoms with van der Waals surface area (Å²) in [7, 11) is -2.47. The van der Waals surface area contributed by atoms with E-state index in [4.69, 9.17) is 31.0 Å². The molecule has 0 amide bonds.